The minimum absolute atomic E-state index is 0.149. The minimum atomic E-state index is -0.770. The molecule has 2 fully saturated rings. The van der Waals surface area contributed by atoms with Gasteiger partial charge in [0.15, 0.2) is 0 Å². The second-order valence-corrected chi connectivity index (χ2v) is 7.27. The molecule has 5 heteroatoms. The lowest BCUT2D eigenvalue weighted by atomic mass is 9.63. The average Bonchev–Trinajstić information content (AvgIpc) is 2.94. The molecule has 1 N–H and O–H groups in total. The number of benzene rings is 1. The number of carbonyl (C=O) groups is 3. The van der Waals surface area contributed by atoms with Gasteiger partial charge in [0.2, 0.25) is 17.7 Å². The number of fused-ring (bicyclic) bond motifs is 1. The van der Waals surface area contributed by atoms with Gasteiger partial charge in [0.1, 0.15) is 6.04 Å². The van der Waals surface area contributed by atoms with Gasteiger partial charge in [0.25, 0.3) is 0 Å². The number of nitrogens with one attached hydrogen (secondary N) is 1. The van der Waals surface area contributed by atoms with Crippen molar-refractivity contribution in [3.63, 3.8) is 0 Å². The number of likely N-dealkylation sites (tertiary alicyclic amines) is 1. The summed E-state index contributed by atoms with van der Waals surface area (Å²) in [5, 5.41) is 2.84. The molecular formula is C20H22N2O3. The molecule has 1 aromatic carbocycles. The molecule has 5 nitrogen and oxygen atoms in total. The molecule has 5 rings (SSSR count). The van der Waals surface area contributed by atoms with E-state index >= 15 is 0 Å². The summed E-state index contributed by atoms with van der Waals surface area (Å²) in [6.45, 7) is 2.03. The smallest absolute Gasteiger partial charge is 0.243 e. The van der Waals surface area contributed by atoms with E-state index in [2.05, 4.69) is 17.5 Å². The number of hydrogen-bond acceptors (Lipinski definition) is 3. The fourth-order valence-electron chi connectivity index (χ4n) is 4.53. The van der Waals surface area contributed by atoms with Crippen molar-refractivity contribution in [2.45, 2.75) is 32.4 Å². The highest BCUT2D eigenvalue weighted by Crippen LogP contribution is 2.49. The molecule has 1 saturated carbocycles. The van der Waals surface area contributed by atoms with Gasteiger partial charge in [-0.05, 0) is 37.2 Å². The molecule has 0 radical (unpaired) electrons. The third-order valence-electron chi connectivity index (χ3n) is 5.87. The molecule has 5 atom stereocenters. The quantitative estimate of drug-likeness (QED) is 0.673. The highest BCUT2D eigenvalue weighted by molar-refractivity contribution is 6.08. The summed E-state index contributed by atoms with van der Waals surface area (Å²) in [4.78, 5) is 39.4. The largest absolute Gasteiger partial charge is 0.350 e. The Morgan fingerprint density at radius 3 is 2.16 bits per heavy atom. The molecule has 0 aromatic heterocycles. The van der Waals surface area contributed by atoms with Gasteiger partial charge < -0.3 is 5.32 Å². The van der Waals surface area contributed by atoms with E-state index in [9.17, 15) is 14.4 Å². The van der Waals surface area contributed by atoms with Crippen LogP contribution in [0.3, 0.4) is 0 Å². The van der Waals surface area contributed by atoms with Crippen molar-refractivity contribution in [3.8, 4) is 0 Å². The zero-order valence-corrected chi connectivity index (χ0v) is 14.2. The van der Waals surface area contributed by atoms with Crippen LogP contribution in [-0.4, -0.2) is 28.7 Å². The predicted octanol–water partition coefficient (Wildman–Crippen LogP) is 1.89. The lowest BCUT2D eigenvalue weighted by Crippen LogP contribution is -2.48. The van der Waals surface area contributed by atoms with Crippen LogP contribution in [0.15, 0.2) is 42.5 Å². The minimum Gasteiger partial charge on any atom is -0.350 e. The molecule has 130 valence electrons. The maximum atomic E-state index is 12.9. The van der Waals surface area contributed by atoms with Crippen LogP contribution in [0.25, 0.3) is 0 Å². The van der Waals surface area contributed by atoms with Crippen LogP contribution in [0.4, 0.5) is 0 Å². The molecule has 3 amide bonds. The van der Waals surface area contributed by atoms with Crippen molar-refractivity contribution in [3.05, 3.63) is 48.0 Å². The van der Waals surface area contributed by atoms with Crippen LogP contribution in [0, 0.1) is 23.7 Å². The van der Waals surface area contributed by atoms with Gasteiger partial charge in [-0.3, -0.25) is 19.3 Å². The zero-order valence-electron chi connectivity index (χ0n) is 14.2. The van der Waals surface area contributed by atoms with Gasteiger partial charge in [-0.15, -0.1) is 0 Å². The fourth-order valence-corrected chi connectivity index (χ4v) is 4.53. The number of allylic oxidation sites excluding steroid dienone is 2. The van der Waals surface area contributed by atoms with Crippen LogP contribution in [0.2, 0.25) is 0 Å². The molecule has 3 aliphatic carbocycles. The van der Waals surface area contributed by atoms with E-state index in [-0.39, 0.29) is 41.4 Å². The number of nitrogens with zero attached hydrogens (tertiary/aromatic N) is 1. The standard InChI is InChI=1S/C20H22N2O3/c1-12(18(23)21-11-13-5-3-2-4-6-13)22-19(24)16-14-7-8-15(10-9-14)17(16)20(22)25/h2-8,12,14-17H,9-11H2,1H3,(H,21,23)/t12-,14+,15+,16-,17-/m1/s1. The van der Waals surface area contributed by atoms with Gasteiger partial charge in [0, 0.05) is 6.54 Å². The Labute approximate surface area is 147 Å². The fraction of sp³-hybridized carbons (Fsp3) is 0.450. The third kappa shape index (κ3) is 2.58. The van der Waals surface area contributed by atoms with E-state index in [4.69, 9.17) is 0 Å². The van der Waals surface area contributed by atoms with Crippen LogP contribution in [-0.2, 0) is 20.9 Å². The number of amides is 3. The number of hydrogen-bond donors (Lipinski definition) is 1. The van der Waals surface area contributed by atoms with Crippen molar-refractivity contribution >= 4 is 17.7 Å². The summed E-state index contributed by atoms with van der Waals surface area (Å²) in [5.41, 5.74) is 0.984. The predicted molar refractivity (Wildman–Crippen MR) is 91.9 cm³/mol. The highest BCUT2D eigenvalue weighted by Gasteiger charge is 2.58. The molecule has 0 unspecified atom stereocenters. The summed E-state index contributed by atoms with van der Waals surface area (Å²) in [6.07, 6.45) is 6.10. The van der Waals surface area contributed by atoms with Gasteiger partial charge in [-0.2, -0.15) is 0 Å². The highest BCUT2D eigenvalue weighted by atomic mass is 16.2. The lowest BCUT2D eigenvalue weighted by molar-refractivity contribution is -0.147. The van der Waals surface area contributed by atoms with Gasteiger partial charge in [-0.25, -0.2) is 0 Å². The maximum Gasteiger partial charge on any atom is 0.243 e. The van der Waals surface area contributed by atoms with E-state index in [1.54, 1.807) is 6.92 Å². The molecule has 2 bridgehead atoms. The molecule has 25 heavy (non-hydrogen) atoms. The normalized spacial score (nSPS) is 31.2. The van der Waals surface area contributed by atoms with E-state index < -0.39 is 6.04 Å². The Morgan fingerprint density at radius 1 is 1.08 bits per heavy atom. The summed E-state index contributed by atoms with van der Waals surface area (Å²) in [7, 11) is 0. The lowest BCUT2D eigenvalue weighted by Gasteiger charge is -2.38. The van der Waals surface area contributed by atoms with Crippen molar-refractivity contribution in [2.24, 2.45) is 23.7 Å². The Balaban J connectivity index is 1.47. The molecule has 1 aromatic rings. The summed E-state index contributed by atoms with van der Waals surface area (Å²) in [5.74, 6) is -0.856. The first-order valence-electron chi connectivity index (χ1n) is 8.95. The molecule has 1 heterocycles. The van der Waals surface area contributed by atoms with Gasteiger partial charge in [0.05, 0.1) is 11.8 Å². The van der Waals surface area contributed by atoms with Crippen molar-refractivity contribution in [1.82, 2.24) is 10.2 Å². The van der Waals surface area contributed by atoms with Crippen molar-refractivity contribution in [1.29, 1.82) is 0 Å². The molecule has 4 aliphatic rings. The van der Waals surface area contributed by atoms with E-state index in [1.807, 2.05) is 30.3 Å². The van der Waals surface area contributed by atoms with Crippen LogP contribution >= 0.6 is 0 Å². The van der Waals surface area contributed by atoms with Crippen LogP contribution < -0.4 is 5.32 Å². The Kier molecular flexibility index (Phi) is 3.94. The van der Waals surface area contributed by atoms with E-state index in [1.165, 1.54) is 4.90 Å². The summed E-state index contributed by atoms with van der Waals surface area (Å²) < 4.78 is 0. The van der Waals surface area contributed by atoms with E-state index in [0.29, 0.717) is 6.54 Å². The number of carbonyl (C=O) groups excluding carboxylic acids is 3. The first kappa shape index (κ1) is 16.1. The molecular weight excluding hydrogens is 316 g/mol. The molecule has 1 aliphatic heterocycles. The maximum absolute atomic E-state index is 12.9. The Morgan fingerprint density at radius 2 is 1.64 bits per heavy atom. The van der Waals surface area contributed by atoms with Gasteiger partial charge in [-0.1, -0.05) is 42.5 Å². The Hall–Kier alpha value is -2.43. The van der Waals surface area contributed by atoms with Crippen molar-refractivity contribution in [2.75, 3.05) is 0 Å². The number of rotatable bonds is 4. The third-order valence-corrected chi connectivity index (χ3v) is 5.87. The Bertz CT molecular complexity index is 711. The number of imide groups is 1. The topological polar surface area (TPSA) is 66.5 Å². The second-order valence-electron chi connectivity index (χ2n) is 7.27. The first-order chi connectivity index (χ1) is 12.1. The van der Waals surface area contributed by atoms with Crippen LogP contribution in [0.1, 0.15) is 25.3 Å². The molecule has 0 spiro atoms. The zero-order chi connectivity index (χ0) is 17.6. The monoisotopic (exact) mass is 338 g/mol. The van der Waals surface area contributed by atoms with Gasteiger partial charge >= 0.3 is 0 Å². The average molecular weight is 338 g/mol. The SMILES string of the molecule is C[C@H](C(=O)NCc1ccccc1)N1C(=O)[C@H]2[C@H](C1=O)[C@H]1C=C[C@H]2CC1. The first-order valence-corrected chi connectivity index (χ1v) is 8.95. The summed E-state index contributed by atoms with van der Waals surface area (Å²) in [6, 6.07) is 8.82. The van der Waals surface area contributed by atoms with Crippen LogP contribution in [0.5, 0.6) is 0 Å². The summed E-state index contributed by atoms with van der Waals surface area (Å²) >= 11 is 0. The second kappa shape index (κ2) is 6.14. The van der Waals surface area contributed by atoms with E-state index in [0.717, 1.165) is 18.4 Å². The van der Waals surface area contributed by atoms with Crippen molar-refractivity contribution < 1.29 is 14.4 Å². The molecule has 1 saturated heterocycles.